The van der Waals surface area contributed by atoms with E-state index in [-0.39, 0.29) is 0 Å². The van der Waals surface area contributed by atoms with Gasteiger partial charge >= 0.3 is 0 Å². The van der Waals surface area contributed by atoms with E-state index >= 15 is 0 Å². The molecule has 2 heterocycles. The summed E-state index contributed by atoms with van der Waals surface area (Å²) in [7, 11) is 1.72. The largest absolute Gasteiger partial charge is 0.495 e. The summed E-state index contributed by atoms with van der Waals surface area (Å²) in [6.45, 7) is 3.80. The molecule has 106 valence electrons. The van der Waals surface area contributed by atoms with E-state index in [0.717, 1.165) is 46.7 Å². The van der Waals surface area contributed by atoms with Crippen molar-refractivity contribution in [2.75, 3.05) is 43.1 Å². The Balaban J connectivity index is 1.69. The highest BCUT2D eigenvalue weighted by Gasteiger charge is 2.21. The lowest BCUT2D eigenvalue weighted by atomic mass is 10.2. The van der Waals surface area contributed by atoms with Gasteiger partial charge in [-0.15, -0.1) is 10.2 Å². The smallest absolute Gasteiger partial charge is 0.209 e. The molecule has 1 saturated heterocycles. The van der Waals surface area contributed by atoms with Crippen LogP contribution >= 0.6 is 27.3 Å². The normalized spacial score (nSPS) is 15.5. The molecule has 5 nitrogen and oxygen atoms in total. The average Bonchev–Trinajstić information content (AvgIpc) is 2.94. The Morgan fingerprint density at radius 1 is 1.10 bits per heavy atom. The number of aromatic nitrogens is 2. The van der Waals surface area contributed by atoms with Gasteiger partial charge in [-0.2, -0.15) is 0 Å². The van der Waals surface area contributed by atoms with Gasteiger partial charge in [0.25, 0.3) is 0 Å². The molecule has 0 N–H and O–H groups in total. The molecule has 0 spiro atoms. The van der Waals surface area contributed by atoms with Gasteiger partial charge in [-0.3, -0.25) is 0 Å². The fraction of sp³-hybridized carbons (Fsp3) is 0.385. The van der Waals surface area contributed by atoms with Gasteiger partial charge in [0, 0.05) is 26.2 Å². The SMILES string of the molecule is COc1ccccc1N1CCN(c2nnc(Br)s2)CC1. The average molecular weight is 355 g/mol. The molecular weight excluding hydrogens is 340 g/mol. The minimum absolute atomic E-state index is 0.833. The number of nitrogens with zero attached hydrogens (tertiary/aromatic N) is 4. The summed E-state index contributed by atoms with van der Waals surface area (Å²) in [5, 5.41) is 9.16. The molecule has 0 amide bonds. The summed E-state index contributed by atoms with van der Waals surface area (Å²) >= 11 is 4.93. The van der Waals surface area contributed by atoms with Crippen LogP contribution in [0.1, 0.15) is 0 Å². The molecule has 1 aromatic carbocycles. The van der Waals surface area contributed by atoms with Gasteiger partial charge in [-0.1, -0.05) is 23.5 Å². The standard InChI is InChI=1S/C13H15BrN4OS/c1-19-11-5-3-2-4-10(11)17-6-8-18(9-7-17)13-16-15-12(14)20-13/h2-5H,6-9H2,1H3. The number of para-hydroxylation sites is 2. The number of rotatable bonds is 3. The number of ether oxygens (including phenoxy) is 1. The molecule has 0 radical (unpaired) electrons. The molecule has 0 saturated carbocycles. The van der Waals surface area contributed by atoms with Crippen LogP contribution < -0.4 is 14.5 Å². The summed E-state index contributed by atoms with van der Waals surface area (Å²) in [5.74, 6) is 0.930. The van der Waals surface area contributed by atoms with Crippen molar-refractivity contribution in [2.45, 2.75) is 0 Å². The number of halogens is 1. The van der Waals surface area contributed by atoms with Crippen molar-refractivity contribution in [2.24, 2.45) is 0 Å². The molecule has 0 aliphatic carbocycles. The highest BCUT2D eigenvalue weighted by atomic mass is 79.9. The predicted molar refractivity (Wildman–Crippen MR) is 85.0 cm³/mol. The summed E-state index contributed by atoms with van der Waals surface area (Å²) in [5.41, 5.74) is 1.16. The van der Waals surface area contributed by atoms with Crippen molar-refractivity contribution in [3.05, 3.63) is 28.2 Å². The van der Waals surface area contributed by atoms with Crippen LogP contribution in [0.2, 0.25) is 0 Å². The molecule has 0 atom stereocenters. The topological polar surface area (TPSA) is 41.5 Å². The van der Waals surface area contributed by atoms with E-state index in [0.29, 0.717) is 0 Å². The van der Waals surface area contributed by atoms with E-state index in [2.05, 4.69) is 42.0 Å². The quantitative estimate of drug-likeness (QED) is 0.847. The molecule has 2 aromatic rings. The molecule has 0 unspecified atom stereocenters. The first-order valence-electron chi connectivity index (χ1n) is 6.40. The van der Waals surface area contributed by atoms with Gasteiger partial charge in [0.2, 0.25) is 5.13 Å². The zero-order valence-corrected chi connectivity index (χ0v) is 13.5. The van der Waals surface area contributed by atoms with E-state index in [1.54, 1.807) is 18.4 Å². The number of hydrogen-bond acceptors (Lipinski definition) is 6. The minimum Gasteiger partial charge on any atom is -0.495 e. The van der Waals surface area contributed by atoms with Gasteiger partial charge in [-0.25, -0.2) is 0 Å². The highest BCUT2D eigenvalue weighted by molar-refractivity contribution is 9.11. The molecule has 1 aliphatic heterocycles. The Kier molecular flexibility index (Phi) is 4.07. The maximum absolute atomic E-state index is 5.43. The number of hydrogen-bond donors (Lipinski definition) is 0. The van der Waals surface area contributed by atoms with Crippen molar-refractivity contribution in [3.8, 4) is 5.75 Å². The maximum Gasteiger partial charge on any atom is 0.209 e. The molecule has 1 aliphatic rings. The van der Waals surface area contributed by atoms with Crippen molar-refractivity contribution >= 4 is 38.1 Å². The number of piperazine rings is 1. The van der Waals surface area contributed by atoms with Crippen molar-refractivity contribution in [1.82, 2.24) is 10.2 Å². The van der Waals surface area contributed by atoms with E-state index in [1.807, 2.05) is 18.2 Å². The van der Waals surface area contributed by atoms with Crippen LogP contribution in [0.15, 0.2) is 28.2 Å². The lowest BCUT2D eigenvalue weighted by molar-refractivity contribution is 0.413. The Morgan fingerprint density at radius 2 is 1.80 bits per heavy atom. The highest BCUT2D eigenvalue weighted by Crippen LogP contribution is 2.30. The first-order chi connectivity index (χ1) is 9.78. The number of anilines is 2. The van der Waals surface area contributed by atoms with Crippen molar-refractivity contribution in [3.63, 3.8) is 0 Å². The predicted octanol–water partition coefficient (Wildman–Crippen LogP) is 2.64. The van der Waals surface area contributed by atoms with Crippen LogP contribution in [0.5, 0.6) is 5.75 Å². The molecule has 1 aromatic heterocycles. The zero-order chi connectivity index (χ0) is 13.9. The number of methoxy groups -OCH3 is 1. The first-order valence-corrected chi connectivity index (χ1v) is 8.01. The Morgan fingerprint density at radius 3 is 2.45 bits per heavy atom. The molecule has 1 fully saturated rings. The summed E-state index contributed by atoms with van der Waals surface area (Å²) < 4.78 is 6.26. The van der Waals surface area contributed by atoms with Gasteiger partial charge in [0.15, 0.2) is 3.92 Å². The fourth-order valence-corrected chi connectivity index (χ4v) is 3.49. The monoisotopic (exact) mass is 354 g/mol. The first kappa shape index (κ1) is 13.6. The third kappa shape index (κ3) is 2.73. The lowest BCUT2D eigenvalue weighted by Gasteiger charge is -2.36. The molecule has 7 heteroatoms. The maximum atomic E-state index is 5.43. The van der Waals surface area contributed by atoms with Gasteiger partial charge in [0.1, 0.15) is 5.75 Å². The van der Waals surface area contributed by atoms with Crippen molar-refractivity contribution in [1.29, 1.82) is 0 Å². The molecule has 3 rings (SSSR count). The third-order valence-electron chi connectivity index (χ3n) is 3.37. The van der Waals surface area contributed by atoms with E-state index in [9.17, 15) is 0 Å². The van der Waals surface area contributed by atoms with Crippen LogP contribution in [-0.2, 0) is 0 Å². The Bertz CT molecular complexity index is 583. The van der Waals surface area contributed by atoms with Crippen LogP contribution in [0, 0.1) is 0 Å². The van der Waals surface area contributed by atoms with E-state index in [1.165, 1.54) is 0 Å². The van der Waals surface area contributed by atoms with Gasteiger partial charge in [-0.05, 0) is 28.1 Å². The fourth-order valence-electron chi connectivity index (χ4n) is 2.36. The van der Waals surface area contributed by atoms with Crippen LogP contribution in [0.3, 0.4) is 0 Å². The molecular formula is C13H15BrN4OS. The minimum atomic E-state index is 0.833. The van der Waals surface area contributed by atoms with Crippen LogP contribution in [0.25, 0.3) is 0 Å². The summed E-state index contributed by atoms with van der Waals surface area (Å²) in [6, 6.07) is 8.16. The van der Waals surface area contributed by atoms with Crippen LogP contribution in [0.4, 0.5) is 10.8 Å². The molecule has 0 bridgehead atoms. The summed E-state index contributed by atoms with van der Waals surface area (Å²) in [6.07, 6.45) is 0. The van der Waals surface area contributed by atoms with Gasteiger partial charge in [0.05, 0.1) is 12.8 Å². The van der Waals surface area contributed by atoms with E-state index < -0.39 is 0 Å². The second-order valence-electron chi connectivity index (χ2n) is 4.48. The molecule has 20 heavy (non-hydrogen) atoms. The van der Waals surface area contributed by atoms with E-state index in [4.69, 9.17) is 4.74 Å². The number of benzene rings is 1. The second kappa shape index (κ2) is 5.97. The zero-order valence-electron chi connectivity index (χ0n) is 11.1. The third-order valence-corrected chi connectivity index (χ3v) is 4.78. The van der Waals surface area contributed by atoms with Gasteiger partial charge < -0.3 is 14.5 Å². The Labute approximate surface area is 130 Å². The summed E-state index contributed by atoms with van der Waals surface area (Å²) in [4.78, 5) is 4.62. The van der Waals surface area contributed by atoms with Crippen molar-refractivity contribution < 1.29 is 4.74 Å². The second-order valence-corrected chi connectivity index (χ2v) is 6.72. The van der Waals surface area contributed by atoms with Crippen LogP contribution in [-0.4, -0.2) is 43.5 Å². The lowest BCUT2D eigenvalue weighted by Crippen LogP contribution is -2.46. The Hall–Kier alpha value is -1.34.